The molecule has 2 N–H and O–H groups in total. The molecule has 2 aromatic carbocycles. The van der Waals surface area contributed by atoms with Crippen molar-refractivity contribution in [3.05, 3.63) is 89.2 Å². The molecule has 3 aromatic rings. The second-order valence-corrected chi connectivity index (χ2v) is 11.3. The molecule has 9 nitrogen and oxygen atoms in total. The van der Waals surface area contributed by atoms with Gasteiger partial charge >= 0.3 is 0 Å². The van der Waals surface area contributed by atoms with E-state index in [4.69, 9.17) is 0 Å². The molecule has 0 atom stereocenters. The summed E-state index contributed by atoms with van der Waals surface area (Å²) >= 11 is 0. The molecule has 0 spiro atoms. The number of benzene rings is 2. The van der Waals surface area contributed by atoms with Crippen molar-refractivity contribution >= 4 is 33.2 Å². The van der Waals surface area contributed by atoms with Crippen molar-refractivity contribution in [3.8, 4) is 0 Å². The summed E-state index contributed by atoms with van der Waals surface area (Å²) in [5, 5.41) is 7.05. The van der Waals surface area contributed by atoms with Crippen LogP contribution in [0.4, 0.5) is 5.69 Å². The first kappa shape index (κ1) is 27.2. The number of carbonyl (C=O) groups is 2. The zero-order chi connectivity index (χ0) is 27.3. The van der Waals surface area contributed by atoms with Gasteiger partial charge in [0.05, 0.1) is 16.2 Å². The summed E-state index contributed by atoms with van der Waals surface area (Å²) in [7, 11) is -3.61. The van der Waals surface area contributed by atoms with E-state index in [1.54, 1.807) is 62.5 Å². The van der Waals surface area contributed by atoms with Gasteiger partial charge in [0, 0.05) is 37.1 Å². The molecule has 38 heavy (non-hydrogen) atoms. The Kier molecular flexibility index (Phi) is 8.33. The van der Waals surface area contributed by atoms with E-state index in [0.29, 0.717) is 40.3 Å². The molecule has 1 aromatic heterocycles. The predicted octanol–water partition coefficient (Wildman–Crippen LogP) is 3.89. The number of sulfonamides is 1. The molecule has 0 unspecified atom stereocenters. The molecular weight excluding hydrogens is 502 g/mol. The van der Waals surface area contributed by atoms with Crippen molar-refractivity contribution in [2.24, 2.45) is 11.0 Å². The van der Waals surface area contributed by atoms with E-state index in [1.165, 1.54) is 10.5 Å². The highest BCUT2D eigenvalue weighted by Gasteiger charge is 2.32. The van der Waals surface area contributed by atoms with Crippen LogP contribution >= 0.6 is 0 Å². The minimum atomic E-state index is -3.61. The third kappa shape index (κ3) is 6.32. The van der Waals surface area contributed by atoms with Crippen molar-refractivity contribution in [1.29, 1.82) is 0 Å². The van der Waals surface area contributed by atoms with Gasteiger partial charge in [-0.3, -0.25) is 14.6 Å². The number of aryl methyl sites for hydroxylation is 2. The van der Waals surface area contributed by atoms with E-state index >= 15 is 0 Å². The first-order valence-electron chi connectivity index (χ1n) is 12.4. The highest BCUT2D eigenvalue weighted by Crippen LogP contribution is 2.26. The van der Waals surface area contributed by atoms with Crippen LogP contribution in [0.3, 0.4) is 0 Å². The molecule has 0 saturated carbocycles. The molecule has 1 saturated heterocycles. The van der Waals surface area contributed by atoms with Gasteiger partial charge in [0.1, 0.15) is 0 Å². The lowest BCUT2D eigenvalue weighted by atomic mass is 9.98. The van der Waals surface area contributed by atoms with Crippen LogP contribution in [-0.2, 0) is 14.8 Å². The number of pyridine rings is 1. The predicted molar refractivity (Wildman–Crippen MR) is 146 cm³/mol. The molecule has 10 heteroatoms. The lowest BCUT2D eigenvalue weighted by Gasteiger charge is -2.30. The minimum Gasteiger partial charge on any atom is -0.322 e. The van der Waals surface area contributed by atoms with Crippen molar-refractivity contribution in [1.82, 2.24) is 14.7 Å². The summed E-state index contributed by atoms with van der Waals surface area (Å²) < 4.78 is 27.7. The summed E-state index contributed by atoms with van der Waals surface area (Å²) in [6.07, 6.45) is 3.95. The van der Waals surface area contributed by atoms with Crippen LogP contribution in [0.15, 0.2) is 77.0 Å². The van der Waals surface area contributed by atoms with Gasteiger partial charge in [-0.15, -0.1) is 0 Å². The van der Waals surface area contributed by atoms with Crippen LogP contribution in [0.2, 0.25) is 0 Å². The fourth-order valence-corrected chi connectivity index (χ4v) is 6.05. The summed E-state index contributed by atoms with van der Waals surface area (Å²) in [6.45, 7) is 6.00. The van der Waals surface area contributed by atoms with E-state index in [1.807, 2.05) is 19.1 Å². The molecular formula is C28H31N5O4S. The summed E-state index contributed by atoms with van der Waals surface area (Å²) in [5.74, 6) is -0.800. The Hall–Kier alpha value is -3.89. The van der Waals surface area contributed by atoms with Gasteiger partial charge in [-0.2, -0.15) is 9.41 Å². The molecule has 0 radical (unpaired) electrons. The number of hydrazone groups is 1. The number of hydrogen-bond donors (Lipinski definition) is 2. The molecule has 198 valence electrons. The maximum absolute atomic E-state index is 13.1. The molecule has 4 rings (SSSR count). The van der Waals surface area contributed by atoms with Crippen molar-refractivity contribution in [3.63, 3.8) is 0 Å². The van der Waals surface area contributed by atoms with Gasteiger partial charge in [-0.25, -0.2) is 13.8 Å². The van der Waals surface area contributed by atoms with Crippen LogP contribution < -0.4 is 10.7 Å². The SMILES string of the molecule is C/C(=N\NC(=O)C1CCN(S(=O)(=O)c2cc(C)ccc2C)CC1)c1ccc(NC(=O)c2cccnc2)cc1. The zero-order valence-corrected chi connectivity index (χ0v) is 22.5. The van der Waals surface area contributed by atoms with Crippen LogP contribution in [0.5, 0.6) is 0 Å². The van der Waals surface area contributed by atoms with Crippen molar-refractivity contribution in [2.75, 3.05) is 18.4 Å². The first-order chi connectivity index (χ1) is 18.1. The number of piperidine rings is 1. The summed E-state index contributed by atoms with van der Waals surface area (Å²) in [6, 6.07) is 15.9. The minimum absolute atomic E-state index is 0.228. The van der Waals surface area contributed by atoms with Crippen LogP contribution in [0.1, 0.15) is 46.8 Å². The van der Waals surface area contributed by atoms with E-state index in [0.717, 1.165) is 11.1 Å². The van der Waals surface area contributed by atoms with Gasteiger partial charge in [-0.1, -0.05) is 24.3 Å². The second-order valence-electron chi connectivity index (χ2n) is 9.39. The molecule has 0 aliphatic carbocycles. The van der Waals surface area contributed by atoms with Crippen LogP contribution in [-0.4, -0.2) is 48.3 Å². The summed E-state index contributed by atoms with van der Waals surface area (Å²) in [4.78, 5) is 29.3. The molecule has 1 fully saturated rings. The van der Waals surface area contributed by atoms with E-state index < -0.39 is 10.0 Å². The van der Waals surface area contributed by atoms with Crippen molar-refractivity contribution in [2.45, 2.75) is 38.5 Å². The number of hydrogen-bond acceptors (Lipinski definition) is 6. The number of nitrogens with zero attached hydrogens (tertiary/aromatic N) is 3. The smallest absolute Gasteiger partial charge is 0.257 e. The highest BCUT2D eigenvalue weighted by atomic mass is 32.2. The van der Waals surface area contributed by atoms with Crippen LogP contribution in [0, 0.1) is 19.8 Å². The Bertz CT molecular complexity index is 1450. The fraction of sp³-hybridized carbons (Fsp3) is 0.286. The van der Waals surface area contributed by atoms with Gasteiger partial charge in [0.15, 0.2) is 0 Å². The number of nitrogens with one attached hydrogen (secondary N) is 2. The third-order valence-corrected chi connectivity index (χ3v) is 8.64. The van der Waals surface area contributed by atoms with Crippen LogP contribution in [0.25, 0.3) is 0 Å². The second kappa shape index (κ2) is 11.7. The molecule has 2 heterocycles. The zero-order valence-electron chi connectivity index (χ0n) is 21.6. The summed E-state index contributed by atoms with van der Waals surface area (Å²) in [5.41, 5.74) is 6.72. The largest absolute Gasteiger partial charge is 0.322 e. The molecule has 0 bridgehead atoms. The van der Waals surface area contributed by atoms with E-state index in [2.05, 4.69) is 20.8 Å². The Morgan fingerprint density at radius 3 is 2.37 bits per heavy atom. The quantitative estimate of drug-likeness (QED) is 0.353. The van der Waals surface area contributed by atoms with Gasteiger partial charge < -0.3 is 5.32 Å². The van der Waals surface area contributed by atoms with Gasteiger partial charge in [-0.05, 0) is 80.6 Å². The Labute approximate surface area is 223 Å². The van der Waals surface area contributed by atoms with Gasteiger partial charge in [0.2, 0.25) is 15.9 Å². The molecule has 1 aliphatic rings. The number of rotatable bonds is 7. The average molecular weight is 534 g/mol. The van der Waals surface area contributed by atoms with Gasteiger partial charge in [0.25, 0.3) is 5.91 Å². The number of carbonyl (C=O) groups excluding carboxylic acids is 2. The number of anilines is 1. The first-order valence-corrected chi connectivity index (χ1v) is 13.8. The van der Waals surface area contributed by atoms with Crippen molar-refractivity contribution < 1.29 is 18.0 Å². The van der Waals surface area contributed by atoms with E-state index in [9.17, 15) is 18.0 Å². The lowest BCUT2D eigenvalue weighted by Crippen LogP contribution is -2.42. The Morgan fingerprint density at radius 1 is 1.00 bits per heavy atom. The molecule has 1 aliphatic heterocycles. The fourth-order valence-electron chi connectivity index (χ4n) is 4.27. The number of amides is 2. The number of aromatic nitrogens is 1. The maximum atomic E-state index is 13.1. The average Bonchev–Trinajstić information content (AvgIpc) is 2.93. The van der Waals surface area contributed by atoms with E-state index in [-0.39, 0.29) is 30.8 Å². The third-order valence-electron chi connectivity index (χ3n) is 6.60. The monoisotopic (exact) mass is 533 g/mol. The maximum Gasteiger partial charge on any atom is 0.257 e. The normalized spacial score (nSPS) is 15.2. The molecule has 2 amide bonds. The topological polar surface area (TPSA) is 121 Å². The Balaban J connectivity index is 1.31. The standard InChI is InChI=1S/C28H31N5O4S/c1-19-6-7-20(2)26(17-19)38(36,37)33-15-12-23(13-16-33)28(35)32-31-21(3)22-8-10-25(11-9-22)30-27(34)24-5-4-14-29-18-24/h4-11,14,17-18,23H,12-13,15-16H2,1-3H3,(H,30,34)(H,32,35)/b31-21+. The highest BCUT2D eigenvalue weighted by molar-refractivity contribution is 7.89. The lowest BCUT2D eigenvalue weighted by molar-refractivity contribution is -0.126. The Morgan fingerprint density at radius 2 is 1.71 bits per heavy atom.